The summed E-state index contributed by atoms with van der Waals surface area (Å²) in [4.78, 5) is 0. The first-order valence-corrected chi connectivity index (χ1v) is 7.82. The molecular weight excluding hydrogens is 389 g/mol. The summed E-state index contributed by atoms with van der Waals surface area (Å²) in [7, 11) is 3.83. The van der Waals surface area contributed by atoms with Gasteiger partial charge in [0.1, 0.15) is 5.82 Å². The highest BCUT2D eigenvalue weighted by atomic mass is 79.9. The molecule has 0 saturated heterocycles. The van der Waals surface area contributed by atoms with E-state index in [1.807, 2.05) is 31.8 Å². The predicted octanol–water partition coefficient (Wildman–Crippen LogP) is 3.90. The van der Waals surface area contributed by atoms with Gasteiger partial charge in [0.2, 0.25) is 0 Å². The van der Waals surface area contributed by atoms with Crippen molar-refractivity contribution in [1.29, 1.82) is 0 Å². The number of hydrogen-bond acceptors (Lipinski definition) is 2. The lowest BCUT2D eigenvalue weighted by Gasteiger charge is -2.17. The first-order valence-electron chi connectivity index (χ1n) is 6.24. The Morgan fingerprint density at radius 2 is 2.10 bits per heavy atom. The molecular formula is C14H16Br2FN3. The number of hydrogen-bond donors (Lipinski definition) is 1. The molecule has 2 aromatic rings. The molecule has 0 spiro atoms. The molecule has 6 heteroatoms. The average Bonchev–Trinajstić information content (AvgIpc) is 2.65. The van der Waals surface area contributed by atoms with Crippen molar-refractivity contribution in [3.63, 3.8) is 0 Å². The molecule has 1 atom stereocenters. The van der Waals surface area contributed by atoms with Crippen LogP contribution in [-0.4, -0.2) is 16.8 Å². The first-order chi connectivity index (χ1) is 9.43. The third-order valence-corrected chi connectivity index (χ3v) is 4.99. The molecule has 2 rings (SSSR count). The van der Waals surface area contributed by atoms with Gasteiger partial charge in [0, 0.05) is 19.5 Å². The molecule has 1 heterocycles. The van der Waals surface area contributed by atoms with Crippen LogP contribution in [-0.2, 0) is 13.5 Å². The van der Waals surface area contributed by atoms with E-state index in [2.05, 4.69) is 42.3 Å². The largest absolute Gasteiger partial charge is 0.313 e. The van der Waals surface area contributed by atoms with Crippen LogP contribution in [0.5, 0.6) is 0 Å². The van der Waals surface area contributed by atoms with Gasteiger partial charge in [0.25, 0.3) is 0 Å². The van der Waals surface area contributed by atoms with Crippen LogP contribution in [0.25, 0.3) is 0 Å². The fourth-order valence-corrected chi connectivity index (χ4v) is 3.11. The van der Waals surface area contributed by atoms with Crippen molar-refractivity contribution in [2.24, 2.45) is 7.05 Å². The van der Waals surface area contributed by atoms with Crippen molar-refractivity contribution in [3.05, 3.63) is 49.9 Å². The number of nitrogens with zero attached hydrogens (tertiary/aromatic N) is 2. The normalized spacial score (nSPS) is 12.7. The Balaban J connectivity index is 2.31. The molecule has 0 saturated carbocycles. The Kier molecular flexibility index (Phi) is 4.99. The van der Waals surface area contributed by atoms with Crippen molar-refractivity contribution in [2.75, 3.05) is 7.05 Å². The Bertz CT molecular complexity index is 625. The SMILES string of the molecule is CNC(Cc1c(Br)c(C)nn1C)c1ccc(F)c(Br)c1. The van der Waals surface area contributed by atoms with Crippen LogP contribution in [0.3, 0.4) is 0 Å². The van der Waals surface area contributed by atoms with Gasteiger partial charge in [-0.2, -0.15) is 5.10 Å². The van der Waals surface area contributed by atoms with E-state index in [1.54, 1.807) is 6.07 Å². The average molecular weight is 405 g/mol. The number of aromatic nitrogens is 2. The quantitative estimate of drug-likeness (QED) is 0.837. The maximum absolute atomic E-state index is 13.3. The van der Waals surface area contributed by atoms with Gasteiger partial charge in [-0.1, -0.05) is 6.07 Å². The lowest BCUT2D eigenvalue weighted by Crippen LogP contribution is -2.20. The van der Waals surface area contributed by atoms with E-state index in [4.69, 9.17) is 0 Å². The molecule has 1 aromatic carbocycles. The molecule has 0 fully saturated rings. The molecule has 0 aliphatic rings. The fourth-order valence-electron chi connectivity index (χ4n) is 2.21. The van der Waals surface area contributed by atoms with Gasteiger partial charge >= 0.3 is 0 Å². The van der Waals surface area contributed by atoms with Crippen LogP contribution in [0.2, 0.25) is 0 Å². The highest BCUT2D eigenvalue weighted by molar-refractivity contribution is 9.10. The number of benzene rings is 1. The smallest absolute Gasteiger partial charge is 0.137 e. The van der Waals surface area contributed by atoms with Gasteiger partial charge < -0.3 is 5.32 Å². The highest BCUT2D eigenvalue weighted by Crippen LogP contribution is 2.27. The zero-order chi connectivity index (χ0) is 14.9. The van der Waals surface area contributed by atoms with E-state index in [-0.39, 0.29) is 11.9 Å². The molecule has 0 aliphatic heterocycles. The minimum Gasteiger partial charge on any atom is -0.313 e. The van der Waals surface area contributed by atoms with Crippen molar-refractivity contribution < 1.29 is 4.39 Å². The summed E-state index contributed by atoms with van der Waals surface area (Å²) in [6, 6.07) is 5.19. The summed E-state index contributed by atoms with van der Waals surface area (Å²) in [5.41, 5.74) is 3.12. The van der Waals surface area contributed by atoms with Crippen molar-refractivity contribution in [2.45, 2.75) is 19.4 Å². The summed E-state index contributed by atoms with van der Waals surface area (Å²) >= 11 is 6.81. The maximum atomic E-state index is 13.3. The van der Waals surface area contributed by atoms with Gasteiger partial charge in [-0.15, -0.1) is 0 Å². The van der Waals surface area contributed by atoms with E-state index in [0.29, 0.717) is 4.47 Å². The number of halogens is 3. The van der Waals surface area contributed by atoms with Crippen LogP contribution >= 0.6 is 31.9 Å². The molecule has 108 valence electrons. The summed E-state index contributed by atoms with van der Waals surface area (Å²) in [6.07, 6.45) is 0.770. The molecule has 0 amide bonds. The lowest BCUT2D eigenvalue weighted by molar-refractivity contribution is 0.556. The van der Waals surface area contributed by atoms with Crippen LogP contribution in [0.1, 0.15) is 23.0 Å². The van der Waals surface area contributed by atoms with Crippen molar-refractivity contribution in [3.8, 4) is 0 Å². The number of rotatable bonds is 4. The van der Waals surface area contributed by atoms with E-state index in [0.717, 1.165) is 27.8 Å². The molecule has 1 N–H and O–H groups in total. The van der Waals surface area contributed by atoms with Gasteiger partial charge in [-0.05, 0) is 63.5 Å². The second kappa shape index (κ2) is 6.37. The van der Waals surface area contributed by atoms with E-state index < -0.39 is 0 Å². The third kappa shape index (κ3) is 3.13. The Morgan fingerprint density at radius 1 is 1.40 bits per heavy atom. The highest BCUT2D eigenvalue weighted by Gasteiger charge is 2.17. The lowest BCUT2D eigenvalue weighted by atomic mass is 10.0. The van der Waals surface area contributed by atoms with Gasteiger partial charge in [-0.3, -0.25) is 4.68 Å². The summed E-state index contributed by atoms with van der Waals surface area (Å²) in [5, 5.41) is 7.67. The van der Waals surface area contributed by atoms with Gasteiger partial charge in [0.05, 0.1) is 20.3 Å². The van der Waals surface area contributed by atoms with E-state index in [9.17, 15) is 4.39 Å². The zero-order valence-corrected chi connectivity index (χ0v) is 14.7. The molecule has 0 aliphatic carbocycles. The van der Waals surface area contributed by atoms with Crippen LogP contribution in [0.4, 0.5) is 4.39 Å². The number of likely N-dealkylation sites (N-methyl/N-ethyl adjacent to an activating group) is 1. The van der Waals surface area contributed by atoms with Gasteiger partial charge in [-0.25, -0.2) is 4.39 Å². The van der Waals surface area contributed by atoms with Crippen LogP contribution in [0.15, 0.2) is 27.1 Å². The maximum Gasteiger partial charge on any atom is 0.137 e. The summed E-state index contributed by atoms with van der Waals surface area (Å²) in [6.45, 7) is 1.97. The summed E-state index contributed by atoms with van der Waals surface area (Å²) < 4.78 is 16.7. The monoisotopic (exact) mass is 403 g/mol. The minimum absolute atomic E-state index is 0.0954. The zero-order valence-electron chi connectivity index (χ0n) is 11.5. The predicted molar refractivity (Wildman–Crippen MR) is 85.2 cm³/mol. The number of aryl methyl sites for hydroxylation is 2. The molecule has 1 aromatic heterocycles. The fraction of sp³-hybridized carbons (Fsp3) is 0.357. The Morgan fingerprint density at radius 3 is 2.60 bits per heavy atom. The van der Waals surface area contributed by atoms with Gasteiger partial charge in [0.15, 0.2) is 0 Å². The molecule has 0 radical (unpaired) electrons. The first kappa shape index (κ1) is 15.7. The van der Waals surface area contributed by atoms with Crippen molar-refractivity contribution >= 4 is 31.9 Å². The standard InChI is InChI=1S/C14H16Br2FN3/c1-8-14(16)13(20(3)19-8)7-12(18-2)9-4-5-11(17)10(15)6-9/h4-6,12,18H,7H2,1-3H3. The third-order valence-electron chi connectivity index (χ3n) is 3.35. The van der Waals surface area contributed by atoms with Crippen LogP contribution < -0.4 is 5.32 Å². The Labute approximate surface area is 134 Å². The Hall–Kier alpha value is -0.720. The van der Waals surface area contributed by atoms with Crippen molar-refractivity contribution in [1.82, 2.24) is 15.1 Å². The topological polar surface area (TPSA) is 29.9 Å². The van der Waals surface area contributed by atoms with E-state index in [1.165, 1.54) is 6.07 Å². The summed E-state index contributed by atoms with van der Waals surface area (Å²) in [5.74, 6) is -0.249. The second-order valence-corrected chi connectivity index (χ2v) is 6.34. The molecule has 1 unspecified atom stereocenters. The minimum atomic E-state index is -0.249. The number of nitrogens with one attached hydrogen (secondary N) is 1. The molecule has 20 heavy (non-hydrogen) atoms. The van der Waals surface area contributed by atoms with E-state index >= 15 is 0 Å². The molecule has 3 nitrogen and oxygen atoms in total. The van der Waals surface area contributed by atoms with Crippen LogP contribution in [0, 0.1) is 12.7 Å². The second-order valence-electron chi connectivity index (χ2n) is 4.69. The molecule has 0 bridgehead atoms.